The van der Waals surface area contributed by atoms with Gasteiger partial charge in [-0.05, 0) is 49.3 Å². The van der Waals surface area contributed by atoms with Crippen LogP contribution in [0.5, 0.6) is 0 Å². The lowest BCUT2D eigenvalue weighted by molar-refractivity contribution is 0.00742. The van der Waals surface area contributed by atoms with E-state index in [1.165, 1.54) is 19.3 Å². The van der Waals surface area contributed by atoms with Crippen molar-refractivity contribution in [2.45, 2.75) is 38.0 Å². The van der Waals surface area contributed by atoms with E-state index in [1.54, 1.807) is 6.20 Å². The molecule has 102 valence electrons. The Bertz CT molecular complexity index is 698. The SMILES string of the molecule is NC(=O)c1cc2cccnc2nc1C1CC2(CCC2)C1. The third-order valence-corrected chi connectivity index (χ3v) is 5.04. The molecule has 1 spiro atoms. The summed E-state index contributed by atoms with van der Waals surface area (Å²) >= 11 is 0. The molecule has 2 N–H and O–H groups in total. The lowest BCUT2D eigenvalue weighted by Gasteiger charge is -2.54. The average Bonchev–Trinajstić information content (AvgIpc) is 2.34. The summed E-state index contributed by atoms with van der Waals surface area (Å²) in [5, 5.41) is 0.878. The Hall–Kier alpha value is -1.97. The number of nitrogens with zero attached hydrogens (tertiary/aromatic N) is 2. The van der Waals surface area contributed by atoms with Crippen molar-refractivity contribution in [2.24, 2.45) is 11.1 Å². The normalized spacial score (nSPS) is 20.6. The first-order chi connectivity index (χ1) is 9.67. The number of hydrogen-bond donors (Lipinski definition) is 1. The third-order valence-electron chi connectivity index (χ3n) is 5.04. The van der Waals surface area contributed by atoms with Crippen molar-refractivity contribution < 1.29 is 4.79 Å². The first-order valence-electron chi connectivity index (χ1n) is 7.22. The van der Waals surface area contributed by atoms with Crippen LogP contribution in [0.1, 0.15) is 54.1 Å². The molecule has 4 heteroatoms. The molecule has 0 radical (unpaired) electrons. The van der Waals surface area contributed by atoms with Crippen molar-refractivity contribution in [3.8, 4) is 0 Å². The van der Waals surface area contributed by atoms with Crippen LogP contribution in [0.25, 0.3) is 11.0 Å². The first kappa shape index (κ1) is 11.8. The van der Waals surface area contributed by atoms with Crippen molar-refractivity contribution in [3.63, 3.8) is 0 Å². The molecule has 4 nitrogen and oxygen atoms in total. The van der Waals surface area contributed by atoms with E-state index < -0.39 is 0 Å². The van der Waals surface area contributed by atoms with E-state index in [1.807, 2.05) is 18.2 Å². The van der Waals surface area contributed by atoms with Crippen LogP contribution in [0.3, 0.4) is 0 Å². The number of rotatable bonds is 2. The van der Waals surface area contributed by atoms with Crippen LogP contribution in [-0.2, 0) is 0 Å². The number of primary amides is 1. The molecule has 2 aromatic heterocycles. The molecule has 2 heterocycles. The van der Waals surface area contributed by atoms with Gasteiger partial charge in [-0.1, -0.05) is 6.42 Å². The molecule has 0 bridgehead atoms. The van der Waals surface area contributed by atoms with E-state index in [4.69, 9.17) is 5.73 Å². The van der Waals surface area contributed by atoms with Gasteiger partial charge >= 0.3 is 0 Å². The number of hydrogen-bond acceptors (Lipinski definition) is 3. The molecular weight excluding hydrogens is 250 g/mol. The van der Waals surface area contributed by atoms with Gasteiger partial charge in [0.25, 0.3) is 5.91 Å². The second-order valence-electron chi connectivity index (χ2n) is 6.29. The van der Waals surface area contributed by atoms with Gasteiger partial charge in [-0.2, -0.15) is 0 Å². The van der Waals surface area contributed by atoms with Crippen molar-refractivity contribution in [3.05, 3.63) is 35.7 Å². The van der Waals surface area contributed by atoms with Crippen molar-refractivity contribution in [1.29, 1.82) is 0 Å². The molecule has 2 saturated carbocycles. The number of nitrogens with two attached hydrogens (primary N) is 1. The van der Waals surface area contributed by atoms with E-state index in [9.17, 15) is 4.79 Å². The fourth-order valence-corrected chi connectivity index (χ4v) is 3.79. The maximum Gasteiger partial charge on any atom is 0.250 e. The van der Waals surface area contributed by atoms with E-state index in [2.05, 4.69) is 9.97 Å². The van der Waals surface area contributed by atoms with Crippen LogP contribution in [-0.4, -0.2) is 15.9 Å². The molecule has 0 unspecified atom stereocenters. The van der Waals surface area contributed by atoms with Crippen molar-refractivity contribution in [1.82, 2.24) is 9.97 Å². The predicted octanol–water partition coefficient (Wildman–Crippen LogP) is 2.78. The average molecular weight is 267 g/mol. The zero-order valence-electron chi connectivity index (χ0n) is 11.3. The minimum atomic E-state index is -0.382. The lowest BCUT2D eigenvalue weighted by atomic mass is 9.51. The Kier molecular flexibility index (Phi) is 2.37. The highest BCUT2D eigenvalue weighted by Crippen LogP contribution is 2.61. The Morgan fingerprint density at radius 2 is 2.15 bits per heavy atom. The maximum absolute atomic E-state index is 11.7. The van der Waals surface area contributed by atoms with Crippen LogP contribution in [0, 0.1) is 5.41 Å². The van der Waals surface area contributed by atoms with Crippen molar-refractivity contribution >= 4 is 16.9 Å². The minimum Gasteiger partial charge on any atom is -0.366 e. The van der Waals surface area contributed by atoms with Gasteiger partial charge in [0.15, 0.2) is 5.65 Å². The van der Waals surface area contributed by atoms with Gasteiger partial charge < -0.3 is 5.73 Å². The summed E-state index contributed by atoms with van der Waals surface area (Å²) in [7, 11) is 0. The Labute approximate surface area is 117 Å². The van der Waals surface area contributed by atoms with Gasteiger partial charge in [-0.3, -0.25) is 4.79 Å². The highest BCUT2D eigenvalue weighted by atomic mass is 16.1. The Morgan fingerprint density at radius 1 is 1.35 bits per heavy atom. The first-order valence-corrected chi connectivity index (χ1v) is 7.22. The number of aromatic nitrogens is 2. The standard InChI is InChI=1S/C16H17N3O/c17-14(20)12-7-10-3-1-6-18-15(10)19-13(12)11-8-16(9-11)4-2-5-16/h1,3,6-7,11H,2,4-5,8-9H2,(H2,17,20). The highest BCUT2D eigenvalue weighted by molar-refractivity contribution is 5.97. The molecule has 2 aliphatic rings. The topological polar surface area (TPSA) is 68.9 Å². The largest absolute Gasteiger partial charge is 0.366 e. The molecule has 4 rings (SSSR count). The van der Waals surface area contributed by atoms with E-state index in [0.717, 1.165) is 23.9 Å². The van der Waals surface area contributed by atoms with Gasteiger partial charge in [0.2, 0.25) is 0 Å². The molecule has 0 aromatic carbocycles. The van der Waals surface area contributed by atoms with Crippen LogP contribution >= 0.6 is 0 Å². The van der Waals surface area contributed by atoms with Gasteiger partial charge in [0.05, 0.1) is 11.3 Å². The van der Waals surface area contributed by atoms with Crippen LogP contribution in [0.15, 0.2) is 24.4 Å². The number of pyridine rings is 2. The van der Waals surface area contributed by atoms with Gasteiger partial charge in [0.1, 0.15) is 0 Å². The Morgan fingerprint density at radius 3 is 2.80 bits per heavy atom. The molecule has 1 amide bonds. The molecule has 20 heavy (non-hydrogen) atoms. The summed E-state index contributed by atoms with van der Waals surface area (Å²) in [6, 6.07) is 5.61. The summed E-state index contributed by atoms with van der Waals surface area (Å²) < 4.78 is 0. The summed E-state index contributed by atoms with van der Waals surface area (Å²) in [5.41, 5.74) is 8.24. The molecule has 0 saturated heterocycles. The maximum atomic E-state index is 11.7. The second kappa shape index (κ2) is 4.01. The van der Waals surface area contributed by atoms with Gasteiger partial charge in [-0.15, -0.1) is 0 Å². The third kappa shape index (κ3) is 1.64. The van der Waals surface area contributed by atoms with Crippen LogP contribution in [0.4, 0.5) is 0 Å². The monoisotopic (exact) mass is 267 g/mol. The summed E-state index contributed by atoms with van der Waals surface area (Å²) in [6.07, 6.45) is 8.05. The number of carbonyl (C=O) groups excluding carboxylic acids is 1. The summed E-state index contributed by atoms with van der Waals surface area (Å²) in [5.74, 6) is -0.00276. The predicted molar refractivity (Wildman–Crippen MR) is 76.3 cm³/mol. The van der Waals surface area contributed by atoms with Crippen molar-refractivity contribution in [2.75, 3.05) is 0 Å². The highest BCUT2D eigenvalue weighted by Gasteiger charge is 2.49. The van der Waals surface area contributed by atoms with E-state index in [-0.39, 0.29) is 5.91 Å². The molecular formula is C16H17N3O. The fourth-order valence-electron chi connectivity index (χ4n) is 3.79. The van der Waals surface area contributed by atoms with E-state index >= 15 is 0 Å². The molecule has 2 fully saturated rings. The van der Waals surface area contributed by atoms with Crippen LogP contribution < -0.4 is 5.73 Å². The number of carbonyl (C=O) groups is 1. The quantitative estimate of drug-likeness (QED) is 0.909. The fraction of sp³-hybridized carbons (Fsp3) is 0.438. The van der Waals surface area contributed by atoms with Crippen LogP contribution in [0.2, 0.25) is 0 Å². The number of fused-ring (bicyclic) bond motifs is 1. The molecule has 2 aliphatic carbocycles. The smallest absolute Gasteiger partial charge is 0.250 e. The Balaban J connectivity index is 1.77. The van der Waals surface area contributed by atoms with Gasteiger partial charge in [0, 0.05) is 17.5 Å². The summed E-state index contributed by atoms with van der Waals surface area (Å²) in [6.45, 7) is 0. The second-order valence-corrected chi connectivity index (χ2v) is 6.29. The summed E-state index contributed by atoms with van der Waals surface area (Å²) in [4.78, 5) is 20.6. The lowest BCUT2D eigenvalue weighted by Crippen LogP contribution is -2.42. The number of amides is 1. The van der Waals surface area contributed by atoms with E-state index in [0.29, 0.717) is 22.5 Å². The molecule has 0 atom stereocenters. The minimum absolute atomic E-state index is 0.379. The van der Waals surface area contributed by atoms with Gasteiger partial charge in [-0.25, -0.2) is 9.97 Å². The zero-order chi connectivity index (χ0) is 13.7. The zero-order valence-corrected chi connectivity index (χ0v) is 11.3. The molecule has 0 aliphatic heterocycles. The molecule has 2 aromatic rings.